The fraction of sp³-hybridized carbons (Fsp3) is 0.357. The van der Waals surface area contributed by atoms with Crippen molar-refractivity contribution in [3.63, 3.8) is 0 Å². The minimum atomic E-state index is 0.0833. The number of nitrogen functional groups attached to an aromatic ring is 1. The molecule has 1 fully saturated rings. The zero-order valence-corrected chi connectivity index (χ0v) is 10.7. The Morgan fingerprint density at radius 3 is 2.39 bits per heavy atom. The molecule has 1 aromatic carbocycles. The van der Waals surface area contributed by atoms with E-state index in [2.05, 4.69) is 11.9 Å². The number of carbonyl (C=O) groups is 1. The van der Waals surface area contributed by atoms with Crippen molar-refractivity contribution in [3.05, 3.63) is 35.9 Å². The van der Waals surface area contributed by atoms with Gasteiger partial charge in [-0.05, 0) is 30.8 Å². The lowest BCUT2D eigenvalue weighted by molar-refractivity contribution is -0.127. The number of anilines is 1. The van der Waals surface area contributed by atoms with Crippen molar-refractivity contribution in [2.24, 2.45) is 0 Å². The number of hydrogen-bond acceptors (Lipinski definition) is 3. The highest BCUT2D eigenvalue weighted by molar-refractivity contribution is 5.91. The molecule has 1 aliphatic heterocycles. The normalized spacial score (nSPS) is 17.3. The topological polar surface area (TPSA) is 49.6 Å². The van der Waals surface area contributed by atoms with Crippen LogP contribution in [0.25, 0.3) is 6.08 Å². The van der Waals surface area contributed by atoms with Gasteiger partial charge in [0.05, 0.1) is 0 Å². The molecule has 2 rings (SSSR count). The Bertz CT molecular complexity index is 431. The summed E-state index contributed by atoms with van der Waals surface area (Å²) in [4.78, 5) is 16.1. The van der Waals surface area contributed by atoms with E-state index in [1.165, 1.54) is 0 Å². The van der Waals surface area contributed by atoms with E-state index in [0.717, 1.165) is 37.4 Å². The van der Waals surface area contributed by atoms with Gasteiger partial charge in [0, 0.05) is 37.9 Å². The highest BCUT2D eigenvalue weighted by atomic mass is 16.2. The molecule has 0 saturated carbocycles. The molecule has 4 nitrogen and oxygen atoms in total. The summed E-state index contributed by atoms with van der Waals surface area (Å²) in [6.07, 6.45) is 3.47. The Balaban J connectivity index is 1.92. The Kier molecular flexibility index (Phi) is 3.99. The van der Waals surface area contributed by atoms with Crippen LogP contribution in [0.1, 0.15) is 5.56 Å². The molecule has 1 saturated heterocycles. The molecule has 0 radical (unpaired) electrons. The molecule has 2 N–H and O–H groups in total. The van der Waals surface area contributed by atoms with Crippen LogP contribution in [0.2, 0.25) is 0 Å². The van der Waals surface area contributed by atoms with Gasteiger partial charge in [0.25, 0.3) is 0 Å². The largest absolute Gasteiger partial charge is 0.399 e. The third-order valence-corrected chi connectivity index (χ3v) is 3.17. The Morgan fingerprint density at radius 1 is 1.17 bits per heavy atom. The monoisotopic (exact) mass is 245 g/mol. The van der Waals surface area contributed by atoms with Crippen LogP contribution >= 0.6 is 0 Å². The summed E-state index contributed by atoms with van der Waals surface area (Å²) < 4.78 is 0. The second-order valence-corrected chi connectivity index (χ2v) is 4.63. The van der Waals surface area contributed by atoms with E-state index in [1.807, 2.05) is 35.2 Å². The third-order valence-electron chi connectivity index (χ3n) is 3.17. The summed E-state index contributed by atoms with van der Waals surface area (Å²) in [6.45, 7) is 3.51. The minimum Gasteiger partial charge on any atom is -0.399 e. The molecule has 4 heteroatoms. The van der Waals surface area contributed by atoms with Crippen molar-refractivity contribution in [2.75, 3.05) is 39.0 Å². The lowest BCUT2D eigenvalue weighted by atomic mass is 10.2. The van der Waals surface area contributed by atoms with E-state index < -0.39 is 0 Å². The number of likely N-dealkylation sites (N-methyl/N-ethyl adjacent to an activating group) is 1. The summed E-state index contributed by atoms with van der Waals surface area (Å²) in [5.41, 5.74) is 7.33. The second kappa shape index (κ2) is 5.69. The number of benzene rings is 1. The van der Waals surface area contributed by atoms with E-state index in [4.69, 9.17) is 5.73 Å². The predicted octanol–water partition coefficient (Wildman–Crippen LogP) is 1.06. The van der Waals surface area contributed by atoms with Crippen molar-refractivity contribution in [1.82, 2.24) is 9.80 Å². The number of hydrogen-bond donors (Lipinski definition) is 1. The van der Waals surface area contributed by atoms with Gasteiger partial charge in [-0.2, -0.15) is 0 Å². The Morgan fingerprint density at radius 2 is 1.78 bits per heavy atom. The molecule has 0 bridgehead atoms. The van der Waals surface area contributed by atoms with Gasteiger partial charge in [0.1, 0.15) is 0 Å². The molecule has 1 aliphatic rings. The average molecular weight is 245 g/mol. The fourth-order valence-electron chi connectivity index (χ4n) is 1.91. The minimum absolute atomic E-state index is 0.0833. The van der Waals surface area contributed by atoms with E-state index in [9.17, 15) is 4.79 Å². The maximum absolute atomic E-state index is 11.9. The number of nitrogens with two attached hydrogens (primary N) is 1. The number of carbonyl (C=O) groups excluding carboxylic acids is 1. The molecule has 0 aromatic heterocycles. The summed E-state index contributed by atoms with van der Waals surface area (Å²) in [5, 5.41) is 0. The fourth-order valence-corrected chi connectivity index (χ4v) is 1.91. The molecule has 1 heterocycles. The zero-order valence-electron chi connectivity index (χ0n) is 10.7. The van der Waals surface area contributed by atoms with Gasteiger partial charge in [-0.3, -0.25) is 4.79 Å². The van der Waals surface area contributed by atoms with Crippen LogP contribution in [0.15, 0.2) is 30.3 Å². The number of amides is 1. The molecule has 1 amide bonds. The average Bonchev–Trinajstić information content (AvgIpc) is 2.38. The molecule has 96 valence electrons. The maximum Gasteiger partial charge on any atom is 0.246 e. The molecule has 1 aromatic rings. The summed E-state index contributed by atoms with van der Waals surface area (Å²) in [6, 6.07) is 7.48. The SMILES string of the molecule is CN1CCN(C(=O)/C=C/c2ccc(N)cc2)CC1. The molecule has 0 spiro atoms. The molecular formula is C14H19N3O. The van der Waals surface area contributed by atoms with Crippen molar-refractivity contribution in [2.45, 2.75) is 0 Å². The predicted molar refractivity (Wildman–Crippen MR) is 74.0 cm³/mol. The number of piperazine rings is 1. The first-order valence-corrected chi connectivity index (χ1v) is 6.16. The van der Waals surface area contributed by atoms with Gasteiger partial charge in [0.15, 0.2) is 0 Å². The first kappa shape index (κ1) is 12.6. The van der Waals surface area contributed by atoms with Crippen LogP contribution in [0, 0.1) is 0 Å². The Labute approximate surface area is 108 Å². The molecule has 18 heavy (non-hydrogen) atoms. The van der Waals surface area contributed by atoms with Crippen molar-refractivity contribution >= 4 is 17.7 Å². The molecule has 0 unspecified atom stereocenters. The van der Waals surface area contributed by atoms with Crippen molar-refractivity contribution < 1.29 is 4.79 Å². The van der Waals surface area contributed by atoms with Crippen LogP contribution < -0.4 is 5.73 Å². The van der Waals surface area contributed by atoms with Gasteiger partial charge in [-0.15, -0.1) is 0 Å². The summed E-state index contributed by atoms with van der Waals surface area (Å²) >= 11 is 0. The number of nitrogens with zero attached hydrogens (tertiary/aromatic N) is 2. The maximum atomic E-state index is 11.9. The lowest BCUT2D eigenvalue weighted by Gasteiger charge is -2.31. The van der Waals surface area contributed by atoms with Crippen LogP contribution in [0.3, 0.4) is 0 Å². The molecule has 0 aliphatic carbocycles. The van der Waals surface area contributed by atoms with Crippen molar-refractivity contribution in [1.29, 1.82) is 0 Å². The summed E-state index contributed by atoms with van der Waals surface area (Å²) in [7, 11) is 2.08. The van der Waals surface area contributed by atoms with Crippen LogP contribution in [-0.2, 0) is 4.79 Å². The van der Waals surface area contributed by atoms with Crippen LogP contribution in [0.5, 0.6) is 0 Å². The highest BCUT2D eigenvalue weighted by Crippen LogP contribution is 2.08. The molecule has 0 atom stereocenters. The van der Waals surface area contributed by atoms with Gasteiger partial charge in [-0.25, -0.2) is 0 Å². The standard InChI is InChI=1S/C14H19N3O/c1-16-8-10-17(11-9-16)14(18)7-4-12-2-5-13(15)6-3-12/h2-7H,8-11,15H2,1H3/b7-4+. The quantitative estimate of drug-likeness (QED) is 0.626. The lowest BCUT2D eigenvalue weighted by Crippen LogP contribution is -2.46. The third kappa shape index (κ3) is 3.34. The van der Waals surface area contributed by atoms with E-state index in [-0.39, 0.29) is 5.91 Å². The second-order valence-electron chi connectivity index (χ2n) is 4.63. The van der Waals surface area contributed by atoms with Gasteiger partial charge in [0.2, 0.25) is 5.91 Å². The summed E-state index contributed by atoms with van der Waals surface area (Å²) in [5.74, 6) is 0.0833. The van der Waals surface area contributed by atoms with E-state index in [1.54, 1.807) is 6.08 Å². The van der Waals surface area contributed by atoms with E-state index >= 15 is 0 Å². The van der Waals surface area contributed by atoms with Gasteiger partial charge < -0.3 is 15.5 Å². The van der Waals surface area contributed by atoms with Gasteiger partial charge in [-0.1, -0.05) is 12.1 Å². The van der Waals surface area contributed by atoms with E-state index in [0.29, 0.717) is 0 Å². The molecular weight excluding hydrogens is 226 g/mol. The first-order valence-electron chi connectivity index (χ1n) is 6.16. The Hall–Kier alpha value is -1.81. The zero-order chi connectivity index (χ0) is 13.0. The van der Waals surface area contributed by atoms with Gasteiger partial charge >= 0.3 is 0 Å². The van der Waals surface area contributed by atoms with Crippen molar-refractivity contribution in [3.8, 4) is 0 Å². The smallest absolute Gasteiger partial charge is 0.246 e. The number of rotatable bonds is 2. The van der Waals surface area contributed by atoms with Crippen LogP contribution in [0.4, 0.5) is 5.69 Å². The highest BCUT2D eigenvalue weighted by Gasteiger charge is 2.16. The first-order chi connectivity index (χ1) is 8.65. The van der Waals surface area contributed by atoms with Crippen LogP contribution in [-0.4, -0.2) is 48.9 Å².